The Kier molecular flexibility index (Phi) is 2.96. The quantitative estimate of drug-likeness (QED) is 0.626. The number of rotatable bonds is 4. The average molecular weight is 186 g/mol. The van der Waals surface area contributed by atoms with E-state index in [1.54, 1.807) is 7.11 Å². The van der Waals surface area contributed by atoms with Gasteiger partial charge in [0.1, 0.15) is 0 Å². The first-order chi connectivity index (χ1) is 6.08. The van der Waals surface area contributed by atoms with Gasteiger partial charge in [-0.1, -0.05) is 13.8 Å². The van der Waals surface area contributed by atoms with Crippen LogP contribution in [0.1, 0.15) is 27.2 Å². The van der Waals surface area contributed by atoms with Gasteiger partial charge in [-0.25, -0.2) is 0 Å². The third-order valence-electron chi connectivity index (χ3n) is 2.88. The fourth-order valence-corrected chi connectivity index (χ4v) is 1.89. The fourth-order valence-electron chi connectivity index (χ4n) is 1.89. The van der Waals surface area contributed by atoms with Crippen LogP contribution in [0.3, 0.4) is 0 Å². The highest BCUT2D eigenvalue weighted by Gasteiger charge is 2.61. The van der Waals surface area contributed by atoms with Crippen molar-refractivity contribution in [2.45, 2.75) is 32.8 Å². The lowest BCUT2D eigenvalue weighted by molar-refractivity contribution is -0.147. The molecule has 0 aromatic heterocycles. The van der Waals surface area contributed by atoms with Gasteiger partial charge in [0.05, 0.1) is 18.1 Å². The summed E-state index contributed by atoms with van der Waals surface area (Å²) >= 11 is 0. The molecule has 0 N–H and O–H groups in total. The van der Waals surface area contributed by atoms with Crippen molar-refractivity contribution in [3.8, 4) is 0 Å². The molecule has 1 saturated carbocycles. The SMILES string of the molecule is CCOC(=O)C1CC1(OC)C(C)C. The van der Waals surface area contributed by atoms with E-state index in [-0.39, 0.29) is 17.5 Å². The van der Waals surface area contributed by atoms with Crippen LogP contribution in [-0.2, 0) is 14.3 Å². The molecule has 1 fully saturated rings. The molecule has 0 spiro atoms. The zero-order valence-electron chi connectivity index (χ0n) is 8.79. The van der Waals surface area contributed by atoms with Crippen molar-refractivity contribution in [2.75, 3.05) is 13.7 Å². The number of carbonyl (C=O) groups is 1. The zero-order chi connectivity index (χ0) is 10.1. The van der Waals surface area contributed by atoms with Gasteiger partial charge in [-0.15, -0.1) is 0 Å². The van der Waals surface area contributed by atoms with Crippen LogP contribution in [-0.4, -0.2) is 25.3 Å². The first-order valence-electron chi connectivity index (χ1n) is 4.80. The van der Waals surface area contributed by atoms with E-state index in [1.165, 1.54) is 0 Å². The van der Waals surface area contributed by atoms with Crippen molar-refractivity contribution in [2.24, 2.45) is 11.8 Å². The molecule has 2 atom stereocenters. The zero-order valence-corrected chi connectivity index (χ0v) is 8.79. The number of ether oxygens (including phenoxy) is 2. The molecule has 3 nitrogen and oxygen atoms in total. The van der Waals surface area contributed by atoms with E-state index < -0.39 is 0 Å². The molecule has 0 heterocycles. The summed E-state index contributed by atoms with van der Waals surface area (Å²) in [4.78, 5) is 11.4. The second-order valence-electron chi connectivity index (χ2n) is 3.82. The van der Waals surface area contributed by atoms with Crippen LogP contribution < -0.4 is 0 Å². The summed E-state index contributed by atoms with van der Waals surface area (Å²) in [5, 5.41) is 0. The van der Waals surface area contributed by atoms with Gasteiger partial charge in [-0.05, 0) is 19.3 Å². The van der Waals surface area contributed by atoms with Crippen LogP contribution >= 0.6 is 0 Å². The number of hydrogen-bond acceptors (Lipinski definition) is 3. The van der Waals surface area contributed by atoms with Gasteiger partial charge in [0.25, 0.3) is 0 Å². The first kappa shape index (κ1) is 10.5. The summed E-state index contributed by atoms with van der Waals surface area (Å²) in [6.45, 7) is 6.42. The van der Waals surface area contributed by atoms with Crippen LogP contribution in [0.5, 0.6) is 0 Å². The minimum atomic E-state index is -0.244. The molecule has 1 aliphatic rings. The molecule has 76 valence electrons. The average Bonchev–Trinajstić information content (AvgIpc) is 2.80. The Morgan fingerprint density at radius 1 is 1.62 bits per heavy atom. The van der Waals surface area contributed by atoms with Gasteiger partial charge >= 0.3 is 5.97 Å². The third kappa shape index (κ3) is 1.70. The number of carbonyl (C=O) groups excluding carboxylic acids is 1. The summed E-state index contributed by atoms with van der Waals surface area (Å²) in [5.74, 6) is 0.211. The minimum absolute atomic E-state index is 0.0440. The van der Waals surface area contributed by atoms with E-state index in [9.17, 15) is 4.79 Å². The highest BCUT2D eigenvalue weighted by atomic mass is 16.5. The van der Waals surface area contributed by atoms with E-state index in [4.69, 9.17) is 9.47 Å². The highest BCUT2D eigenvalue weighted by molar-refractivity contribution is 5.77. The van der Waals surface area contributed by atoms with Gasteiger partial charge in [-0.2, -0.15) is 0 Å². The molecule has 0 aromatic rings. The lowest BCUT2D eigenvalue weighted by atomic mass is 10.0. The van der Waals surface area contributed by atoms with Crippen molar-refractivity contribution in [3.05, 3.63) is 0 Å². The van der Waals surface area contributed by atoms with Crippen LogP contribution in [0.15, 0.2) is 0 Å². The van der Waals surface area contributed by atoms with E-state index >= 15 is 0 Å². The van der Waals surface area contributed by atoms with Crippen LogP contribution in [0, 0.1) is 11.8 Å². The Morgan fingerprint density at radius 3 is 2.54 bits per heavy atom. The van der Waals surface area contributed by atoms with Gasteiger partial charge in [0.15, 0.2) is 0 Å². The largest absolute Gasteiger partial charge is 0.466 e. The molecule has 1 rings (SSSR count). The van der Waals surface area contributed by atoms with E-state index in [2.05, 4.69) is 13.8 Å². The molecule has 2 unspecified atom stereocenters. The Labute approximate surface area is 79.4 Å². The molecule has 1 aliphatic carbocycles. The summed E-state index contributed by atoms with van der Waals surface area (Å²) in [7, 11) is 1.67. The summed E-state index contributed by atoms with van der Waals surface area (Å²) < 4.78 is 10.3. The van der Waals surface area contributed by atoms with E-state index in [0.29, 0.717) is 12.5 Å². The number of methoxy groups -OCH3 is 1. The standard InChI is InChI=1S/C10H18O3/c1-5-13-9(11)8-6-10(8,12-4)7(2)3/h7-8H,5-6H2,1-4H3. The maximum atomic E-state index is 11.4. The number of esters is 1. The van der Waals surface area contributed by atoms with Crippen LogP contribution in [0.2, 0.25) is 0 Å². The van der Waals surface area contributed by atoms with Gasteiger partial charge in [0, 0.05) is 7.11 Å². The van der Waals surface area contributed by atoms with Gasteiger partial charge in [-0.3, -0.25) is 4.79 Å². The maximum Gasteiger partial charge on any atom is 0.311 e. The molecule has 13 heavy (non-hydrogen) atoms. The second-order valence-corrected chi connectivity index (χ2v) is 3.82. The highest BCUT2D eigenvalue weighted by Crippen LogP contribution is 2.52. The summed E-state index contributed by atoms with van der Waals surface area (Å²) in [6.07, 6.45) is 0.806. The Bertz CT molecular complexity index is 200. The van der Waals surface area contributed by atoms with Crippen molar-refractivity contribution in [1.82, 2.24) is 0 Å². The lowest BCUT2D eigenvalue weighted by Crippen LogP contribution is -2.26. The third-order valence-corrected chi connectivity index (χ3v) is 2.88. The molecule has 3 heteroatoms. The van der Waals surface area contributed by atoms with Crippen molar-refractivity contribution >= 4 is 5.97 Å². The Balaban J connectivity index is 2.54. The summed E-state index contributed by atoms with van der Waals surface area (Å²) in [6, 6.07) is 0. The summed E-state index contributed by atoms with van der Waals surface area (Å²) in [5.41, 5.74) is -0.244. The fraction of sp³-hybridized carbons (Fsp3) is 0.900. The molecule has 0 bridgehead atoms. The number of hydrogen-bond donors (Lipinski definition) is 0. The van der Waals surface area contributed by atoms with Gasteiger partial charge < -0.3 is 9.47 Å². The smallest absolute Gasteiger partial charge is 0.311 e. The van der Waals surface area contributed by atoms with Crippen LogP contribution in [0.4, 0.5) is 0 Å². The van der Waals surface area contributed by atoms with Crippen LogP contribution in [0.25, 0.3) is 0 Å². The monoisotopic (exact) mass is 186 g/mol. The predicted molar refractivity (Wildman–Crippen MR) is 49.3 cm³/mol. The molecule has 0 aliphatic heterocycles. The maximum absolute atomic E-state index is 11.4. The van der Waals surface area contributed by atoms with E-state index in [1.807, 2.05) is 6.92 Å². The molecular formula is C10H18O3. The van der Waals surface area contributed by atoms with Crippen molar-refractivity contribution in [3.63, 3.8) is 0 Å². The second kappa shape index (κ2) is 3.66. The topological polar surface area (TPSA) is 35.5 Å². The van der Waals surface area contributed by atoms with Crippen molar-refractivity contribution in [1.29, 1.82) is 0 Å². The van der Waals surface area contributed by atoms with E-state index in [0.717, 1.165) is 6.42 Å². The predicted octanol–water partition coefficient (Wildman–Crippen LogP) is 1.61. The lowest BCUT2D eigenvalue weighted by Gasteiger charge is -2.19. The normalized spacial score (nSPS) is 31.9. The molecule has 0 radical (unpaired) electrons. The molecular weight excluding hydrogens is 168 g/mol. The minimum Gasteiger partial charge on any atom is -0.466 e. The molecule has 0 aromatic carbocycles. The van der Waals surface area contributed by atoms with Crippen molar-refractivity contribution < 1.29 is 14.3 Å². The Hall–Kier alpha value is -0.570. The Morgan fingerprint density at radius 2 is 2.23 bits per heavy atom. The molecule has 0 saturated heterocycles. The first-order valence-corrected chi connectivity index (χ1v) is 4.80. The molecule has 0 amide bonds. The van der Waals surface area contributed by atoms with Gasteiger partial charge in [0.2, 0.25) is 0 Å².